The second-order valence-corrected chi connectivity index (χ2v) is 9.37. The summed E-state index contributed by atoms with van der Waals surface area (Å²) in [5, 5.41) is 6.10. The predicted octanol–water partition coefficient (Wildman–Crippen LogP) is 5.44. The molecule has 2 N–H and O–H groups in total. The molecule has 1 aliphatic rings. The lowest BCUT2D eigenvalue weighted by Crippen LogP contribution is -2.35. The third-order valence-electron chi connectivity index (χ3n) is 6.23. The minimum atomic E-state index is -0.224. The van der Waals surface area contributed by atoms with Gasteiger partial charge in [0.1, 0.15) is 0 Å². The zero-order valence-corrected chi connectivity index (χ0v) is 19.9. The van der Waals surface area contributed by atoms with E-state index in [0.29, 0.717) is 36.1 Å². The maximum atomic E-state index is 13.1. The van der Waals surface area contributed by atoms with Gasteiger partial charge in [0.25, 0.3) is 5.91 Å². The lowest BCUT2D eigenvalue weighted by atomic mass is 9.95. The smallest absolute Gasteiger partial charge is 0.253 e. The molecule has 5 heteroatoms. The van der Waals surface area contributed by atoms with Crippen molar-refractivity contribution in [3.05, 3.63) is 59.7 Å². The Kier molecular flexibility index (Phi) is 8.32. The van der Waals surface area contributed by atoms with Crippen LogP contribution in [0.3, 0.4) is 0 Å². The molecule has 172 valence electrons. The van der Waals surface area contributed by atoms with E-state index in [1.165, 1.54) is 0 Å². The number of nitrogens with one attached hydrogen (secondary N) is 2. The Morgan fingerprint density at radius 3 is 2.38 bits per heavy atom. The summed E-state index contributed by atoms with van der Waals surface area (Å²) in [6.45, 7) is 11.0. The van der Waals surface area contributed by atoms with Gasteiger partial charge in [-0.25, -0.2) is 0 Å². The third kappa shape index (κ3) is 6.12. The fourth-order valence-electron chi connectivity index (χ4n) is 4.20. The van der Waals surface area contributed by atoms with Crippen LogP contribution < -0.4 is 15.5 Å². The summed E-state index contributed by atoms with van der Waals surface area (Å²) < 4.78 is 0. The molecular formula is C27H37N3O2. The summed E-state index contributed by atoms with van der Waals surface area (Å²) in [6, 6.07) is 15.6. The molecule has 5 nitrogen and oxygen atoms in total. The van der Waals surface area contributed by atoms with Crippen LogP contribution in [0.5, 0.6) is 0 Å². The quantitative estimate of drug-likeness (QED) is 0.580. The van der Waals surface area contributed by atoms with Crippen molar-refractivity contribution >= 4 is 23.2 Å². The van der Waals surface area contributed by atoms with Crippen molar-refractivity contribution in [2.75, 3.05) is 29.9 Å². The van der Waals surface area contributed by atoms with E-state index in [0.717, 1.165) is 37.2 Å². The molecule has 0 aliphatic carbocycles. The Balaban J connectivity index is 1.84. The fourth-order valence-corrected chi connectivity index (χ4v) is 4.20. The molecule has 1 fully saturated rings. The maximum absolute atomic E-state index is 13.1. The van der Waals surface area contributed by atoms with Gasteiger partial charge in [0.15, 0.2) is 0 Å². The number of hydrogen-bond acceptors (Lipinski definition) is 3. The van der Waals surface area contributed by atoms with Gasteiger partial charge in [0.2, 0.25) is 5.91 Å². The number of anilines is 2. The van der Waals surface area contributed by atoms with E-state index < -0.39 is 0 Å². The molecule has 1 heterocycles. The first-order valence-electron chi connectivity index (χ1n) is 11.9. The highest BCUT2D eigenvalue weighted by molar-refractivity contribution is 6.02. The van der Waals surface area contributed by atoms with Gasteiger partial charge in [-0.05, 0) is 54.9 Å². The van der Waals surface area contributed by atoms with Crippen molar-refractivity contribution in [2.24, 2.45) is 11.8 Å². The van der Waals surface area contributed by atoms with Gasteiger partial charge in [0, 0.05) is 31.0 Å². The molecule has 1 saturated heterocycles. The van der Waals surface area contributed by atoms with Crippen LogP contribution in [0.25, 0.3) is 0 Å². The zero-order valence-electron chi connectivity index (χ0n) is 19.9. The first kappa shape index (κ1) is 23.8. The molecule has 0 spiro atoms. The molecule has 0 radical (unpaired) electrons. The minimum absolute atomic E-state index is 0.0493. The van der Waals surface area contributed by atoms with Crippen molar-refractivity contribution in [2.45, 2.75) is 52.9 Å². The summed E-state index contributed by atoms with van der Waals surface area (Å²) in [5.41, 5.74) is 3.24. The van der Waals surface area contributed by atoms with Crippen LogP contribution in [0, 0.1) is 11.8 Å². The topological polar surface area (TPSA) is 61.4 Å². The van der Waals surface area contributed by atoms with Gasteiger partial charge in [-0.1, -0.05) is 58.0 Å². The van der Waals surface area contributed by atoms with E-state index in [1.54, 1.807) is 0 Å². The molecular weight excluding hydrogens is 398 g/mol. The molecule has 0 aromatic heterocycles. The number of rotatable bonds is 8. The lowest BCUT2D eigenvalue weighted by molar-refractivity contribution is -0.117. The Labute approximate surface area is 192 Å². The molecule has 1 atom stereocenters. The summed E-state index contributed by atoms with van der Waals surface area (Å²) in [5.74, 6) is 0.729. The molecule has 0 saturated carbocycles. The van der Waals surface area contributed by atoms with Crippen molar-refractivity contribution in [1.29, 1.82) is 0 Å². The normalized spacial score (nSPS) is 15.5. The van der Waals surface area contributed by atoms with Gasteiger partial charge in [0.05, 0.1) is 11.5 Å². The monoisotopic (exact) mass is 435 g/mol. The molecule has 0 unspecified atom stereocenters. The van der Waals surface area contributed by atoms with E-state index in [4.69, 9.17) is 0 Å². The van der Waals surface area contributed by atoms with Crippen molar-refractivity contribution < 1.29 is 9.59 Å². The van der Waals surface area contributed by atoms with Crippen molar-refractivity contribution in [3.63, 3.8) is 0 Å². The molecule has 32 heavy (non-hydrogen) atoms. The van der Waals surface area contributed by atoms with Crippen LogP contribution in [-0.2, 0) is 4.79 Å². The summed E-state index contributed by atoms with van der Waals surface area (Å²) >= 11 is 0. The van der Waals surface area contributed by atoms with Crippen LogP contribution in [0.2, 0.25) is 0 Å². The Morgan fingerprint density at radius 2 is 1.75 bits per heavy atom. The molecule has 3 rings (SSSR count). The van der Waals surface area contributed by atoms with E-state index >= 15 is 0 Å². The molecule has 2 aromatic rings. The van der Waals surface area contributed by atoms with Gasteiger partial charge >= 0.3 is 0 Å². The molecule has 0 bridgehead atoms. The second kappa shape index (κ2) is 11.2. The highest BCUT2D eigenvalue weighted by atomic mass is 16.2. The first-order chi connectivity index (χ1) is 15.4. The molecule has 1 aliphatic heterocycles. The number of carbonyl (C=O) groups excluding carboxylic acids is 2. The Morgan fingerprint density at radius 1 is 1.06 bits per heavy atom. The number of amides is 2. The van der Waals surface area contributed by atoms with E-state index in [2.05, 4.69) is 36.3 Å². The number of carbonyl (C=O) groups is 2. The highest BCUT2D eigenvalue weighted by Gasteiger charge is 2.23. The Bertz CT molecular complexity index is 902. The second-order valence-electron chi connectivity index (χ2n) is 9.37. The maximum Gasteiger partial charge on any atom is 0.253 e. The summed E-state index contributed by atoms with van der Waals surface area (Å²) in [4.78, 5) is 28.4. The number of hydrogen-bond donors (Lipinski definition) is 2. The predicted molar refractivity (Wildman–Crippen MR) is 132 cm³/mol. The van der Waals surface area contributed by atoms with E-state index in [1.807, 2.05) is 55.5 Å². The van der Waals surface area contributed by atoms with Gasteiger partial charge in [-0.15, -0.1) is 0 Å². The largest absolute Gasteiger partial charge is 0.371 e. The van der Waals surface area contributed by atoms with Crippen LogP contribution >= 0.6 is 0 Å². The van der Waals surface area contributed by atoms with Gasteiger partial charge in [-0.2, -0.15) is 0 Å². The van der Waals surface area contributed by atoms with Gasteiger partial charge < -0.3 is 15.5 Å². The summed E-state index contributed by atoms with van der Waals surface area (Å²) in [7, 11) is 0. The average molecular weight is 436 g/mol. The van der Waals surface area contributed by atoms with Crippen LogP contribution in [0.4, 0.5) is 11.4 Å². The fraction of sp³-hybridized carbons (Fsp3) is 0.481. The average Bonchev–Trinajstić information content (AvgIpc) is 2.79. The van der Waals surface area contributed by atoms with E-state index in [9.17, 15) is 9.59 Å². The summed E-state index contributed by atoms with van der Waals surface area (Å²) in [6.07, 6.45) is 2.96. The number of piperidine rings is 1. The van der Waals surface area contributed by atoms with Crippen molar-refractivity contribution in [1.82, 2.24) is 5.32 Å². The lowest BCUT2D eigenvalue weighted by Gasteiger charge is -2.33. The minimum Gasteiger partial charge on any atom is -0.371 e. The standard InChI is InChI=1S/C27H37N3O2/c1-5-23(21-9-7-6-8-10-21)27(32)29-22-11-12-25(30-15-13-20(4)14-16-30)24(17-22)26(31)28-18-19(2)3/h6-12,17,19-20,23H,5,13-16,18H2,1-4H3,(H,28,31)(H,29,32)/t23-/m1/s1. The number of benzene rings is 2. The third-order valence-corrected chi connectivity index (χ3v) is 6.23. The molecule has 2 amide bonds. The zero-order chi connectivity index (χ0) is 23.1. The molecule has 2 aromatic carbocycles. The van der Waals surface area contributed by atoms with E-state index in [-0.39, 0.29) is 17.7 Å². The van der Waals surface area contributed by atoms with Crippen LogP contribution in [0.15, 0.2) is 48.5 Å². The SMILES string of the molecule is CC[C@@H](C(=O)Nc1ccc(N2CCC(C)CC2)c(C(=O)NCC(C)C)c1)c1ccccc1. The highest BCUT2D eigenvalue weighted by Crippen LogP contribution is 2.30. The first-order valence-corrected chi connectivity index (χ1v) is 11.9. The van der Waals surface area contributed by atoms with Crippen LogP contribution in [-0.4, -0.2) is 31.4 Å². The van der Waals surface area contributed by atoms with Gasteiger partial charge in [-0.3, -0.25) is 9.59 Å². The van der Waals surface area contributed by atoms with Crippen LogP contribution in [0.1, 0.15) is 68.8 Å². The Hall–Kier alpha value is -2.82. The number of nitrogens with zero attached hydrogens (tertiary/aromatic N) is 1. The van der Waals surface area contributed by atoms with Crippen molar-refractivity contribution in [3.8, 4) is 0 Å².